The van der Waals surface area contributed by atoms with Crippen molar-refractivity contribution < 1.29 is 19.1 Å². The number of nitrogens with one attached hydrogen (secondary N) is 1. The number of aliphatic carboxylic acids is 1. The van der Waals surface area contributed by atoms with Gasteiger partial charge in [0.1, 0.15) is 11.5 Å². The van der Waals surface area contributed by atoms with Gasteiger partial charge in [-0.2, -0.15) is 0 Å². The van der Waals surface area contributed by atoms with Crippen molar-refractivity contribution in [1.82, 2.24) is 4.98 Å². The summed E-state index contributed by atoms with van der Waals surface area (Å²) in [6, 6.07) is 13.0. The number of carbonyl (C=O) groups is 2. The van der Waals surface area contributed by atoms with E-state index in [2.05, 4.69) is 10.3 Å². The molecule has 1 atom stereocenters. The van der Waals surface area contributed by atoms with E-state index in [0.717, 1.165) is 11.3 Å². The van der Waals surface area contributed by atoms with Crippen molar-refractivity contribution in [1.29, 1.82) is 0 Å². The summed E-state index contributed by atoms with van der Waals surface area (Å²) in [6.07, 6.45) is 0.116. The van der Waals surface area contributed by atoms with Crippen LogP contribution in [0, 0.1) is 12.8 Å². The highest BCUT2D eigenvalue weighted by atomic mass is 32.1. The van der Waals surface area contributed by atoms with Crippen LogP contribution in [0.2, 0.25) is 0 Å². The number of carboxylic acids is 1. The zero-order valence-corrected chi connectivity index (χ0v) is 15.0. The smallest absolute Gasteiger partial charge is 0.304 e. The average Bonchev–Trinajstić information content (AvgIpc) is 3.23. The van der Waals surface area contributed by atoms with Crippen molar-refractivity contribution in [2.45, 2.75) is 19.8 Å². The van der Waals surface area contributed by atoms with E-state index in [1.165, 1.54) is 11.3 Å². The topological polar surface area (TPSA) is 92.4 Å². The maximum Gasteiger partial charge on any atom is 0.304 e. The van der Waals surface area contributed by atoms with E-state index in [4.69, 9.17) is 9.52 Å². The van der Waals surface area contributed by atoms with Crippen molar-refractivity contribution in [2.24, 2.45) is 5.92 Å². The molecule has 3 rings (SSSR count). The third-order valence-electron chi connectivity index (χ3n) is 3.84. The van der Waals surface area contributed by atoms with Gasteiger partial charge in [0.2, 0.25) is 5.91 Å². The Balaban J connectivity index is 1.71. The number of carboxylic acid groups (broad SMARTS) is 1. The maximum absolute atomic E-state index is 12.6. The number of thiazole rings is 1. The lowest BCUT2D eigenvalue weighted by Gasteiger charge is -2.14. The minimum absolute atomic E-state index is 0.240. The maximum atomic E-state index is 12.6. The highest BCUT2D eigenvalue weighted by molar-refractivity contribution is 7.14. The van der Waals surface area contributed by atoms with Gasteiger partial charge in [-0.1, -0.05) is 30.3 Å². The minimum atomic E-state index is -1.01. The molecule has 0 aliphatic heterocycles. The molecule has 0 aliphatic carbocycles. The van der Waals surface area contributed by atoms with E-state index in [1.807, 2.05) is 49.4 Å². The summed E-state index contributed by atoms with van der Waals surface area (Å²) in [5, 5.41) is 14.1. The lowest BCUT2D eigenvalue weighted by atomic mass is 9.95. The van der Waals surface area contributed by atoms with Crippen LogP contribution in [-0.4, -0.2) is 22.0 Å². The first-order chi connectivity index (χ1) is 12.5. The molecule has 134 valence electrons. The highest BCUT2D eigenvalue weighted by Gasteiger charge is 2.23. The summed E-state index contributed by atoms with van der Waals surface area (Å²) in [5.74, 6) is -0.624. The lowest BCUT2D eigenvalue weighted by molar-refractivity contribution is -0.140. The predicted molar refractivity (Wildman–Crippen MR) is 99.1 cm³/mol. The van der Waals surface area contributed by atoms with Gasteiger partial charge >= 0.3 is 5.97 Å². The molecule has 6 nitrogen and oxygen atoms in total. The summed E-state index contributed by atoms with van der Waals surface area (Å²) in [4.78, 5) is 28.1. The molecule has 7 heteroatoms. The van der Waals surface area contributed by atoms with Crippen LogP contribution in [0.15, 0.2) is 52.3 Å². The second-order valence-corrected chi connectivity index (χ2v) is 6.78. The molecule has 0 aliphatic rings. The van der Waals surface area contributed by atoms with Crippen LogP contribution in [0.25, 0.3) is 11.5 Å². The number of aryl methyl sites for hydroxylation is 1. The van der Waals surface area contributed by atoms with E-state index >= 15 is 0 Å². The Morgan fingerprint density at radius 1 is 1.23 bits per heavy atom. The molecule has 0 spiro atoms. The molecule has 2 heterocycles. The van der Waals surface area contributed by atoms with Crippen molar-refractivity contribution >= 4 is 28.3 Å². The fraction of sp³-hybridized carbons (Fsp3) is 0.211. The van der Waals surface area contributed by atoms with Gasteiger partial charge in [0, 0.05) is 5.38 Å². The number of benzene rings is 1. The Morgan fingerprint density at radius 3 is 2.65 bits per heavy atom. The van der Waals surface area contributed by atoms with Crippen LogP contribution in [0.3, 0.4) is 0 Å². The first kappa shape index (κ1) is 17.9. The Morgan fingerprint density at radius 2 is 2.00 bits per heavy atom. The molecule has 2 N–H and O–H groups in total. The molecule has 3 aromatic rings. The van der Waals surface area contributed by atoms with Gasteiger partial charge in [-0.05, 0) is 31.0 Å². The molecule has 0 fully saturated rings. The zero-order valence-electron chi connectivity index (χ0n) is 14.1. The van der Waals surface area contributed by atoms with Gasteiger partial charge in [0.15, 0.2) is 10.9 Å². The van der Waals surface area contributed by atoms with E-state index < -0.39 is 11.9 Å². The summed E-state index contributed by atoms with van der Waals surface area (Å²) in [7, 11) is 0. The molecular formula is C19H18N2O4S. The van der Waals surface area contributed by atoms with Gasteiger partial charge in [-0.15, -0.1) is 11.3 Å². The zero-order chi connectivity index (χ0) is 18.5. The third-order valence-corrected chi connectivity index (χ3v) is 4.60. The van der Waals surface area contributed by atoms with E-state index in [-0.39, 0.29) is 12.3 Å². The van der Waals surface area contributed by atoms with Crippen LogP contribution in [0.1, 0.15) is 17.7 Å². The van der Waals surface area contributed by atoms with Crippen molar-refractivity contribution in [2.75, 3.05) is 5.32 Å². The summed E-state index contributed by atoms with van der Waals surface area (Å²) in [6.45, 7) is 1.85. The van der Waals surface area contributed by atoms with E-state index in [0.29, 0.717) is 23.0 Å². The Kier molecular flexibility index (Phi) is 5.48. The number of amides is 1. The Labute approximate surface area is 154 Å². The SMILES string of the molecule is Cc1ccc(-c2csc(NC(=O)C(CC(=O)O)Cc3ccccc3)n2)o1. The summed E-state index contributed by atoms with van der Waals surface area (Å²) in [5.41, 5.74) is 1.55. The largest absolute Gasteiger partial charge is 0.481 e. The molecule has 2 aromatic heterocycles. The van der Waals surface area contributed by atoms with Crippen LogP contribution < -0.4 is 5.32 Å². The van der Waals surface area contributed by atoms with E-state index in [1.54, 1.807) is 5.38 Å². The monoisotopic (exact) mass is 370 g/mol. The number of rotatable bonds is 7. The lowest BCUT2D eigenvalue weighted by Crippen LogP contribution is -2.27. The molecule has 26 heavy (non-hydrogen) atoms. The Hall–Kier alpha value is -2.93. The second-order valence-electron chi connectivity index (χ2n) is 5.92. The molecule has 1 unspecified atom stereocenters. The van der Waals surface area contributed by atoms with E-state index in [9.17, 15) is 9.59 Å². The molecule has 1 amide bonds. The van der Waals surface area contributed by atoms with Crippen LogP contribution in [0.5, 0.6) is 0 Å². The average molecular weight is 370 g/mol. The molecule has 1 aromatic carbocycles. The molecule has 0 saturated heterocycles. The third kappa shape index (κ3) is 4.58. The van der Waals surface area contributed by atoms with Crippen LogP contribution in [-0.2, 0) is 16.0 Å². The van der Waals surface area contributed by atoms with Gasteiger partial charge in [0.25, 0.3) is 0 Å². The summed E-state index contributed by atoms with van der Waals surface area (Å²) < 4.78 is 5.52. The number of aromatic nitrogens is 1. The van der Waals surface area contributed by atoms with Gasteiger partial charge in [-0.3, -0.25) is 9.59 Å². The van der Waals surface area contributed by atoms with Gasteiger partial charge in [-0.25, -0.2) is 4.98 Å². The Bertz CT molecular complexity index is 901. The highest BCUT2D eigenvalue weighted by Crippen LogP contribution is 2.27. The molecule has 0 saturated carbocycles. The quantitative estimate of drug-likeness (QED) is 0.656. The molecular weight excluding hydrogens is 352 g/mol. The number of carbonyl (C=O) groups excluding carboxylic acids is 1. The number of furan rings is 1. The first-order valence-corrected chi connectivity index (χ1v) is 8.98. The number of hydrogen-bond donors (Lipinski definition) is 2. The standard InChI is InChI=1S/C19H18N2O4S/c1-12-7-8-16(25-12)15-11-26-19(20-15)21-18(24)14(10-17(22)23)9-13-5-3-2-4-6-13/h2-8,11,14H,9-10H2,1H3,(H,22,23)(H,20,21,24). The van der Waals surface area contributed by atoms with Crippen LogP contribution in [0.4, 0.5) is 5.13 Å². The predicted octanol–water partition coefficient (Wildman–Crippen LogP) is 3.98. The molecule has 0 radical (unpaired) electrons. The second kappa shape index (κ2) is 7.97. The van der Waals surface area contributed by atoms with Gasteiger partial charge < -0.3 is 14.8 Å². The van der Waals surface area contributed by atoms with Gasteiger partial charge in [0.05, 0.1) is 12.3 Å². The number of anilines is 1. The van der Waals surface area contributed by atoms with Crippen molar-refractivity contribution in [3.63, 3.8) is 0 Å². The molecule has 0 bridgehead atoms. The van der Waals surface area contributed by atoms with Crippen molar-refractivity contribution in [3.8, 4) is 11.5 Å². The number of nitrogens with zero attached hydrogens (tertiary/aromatic N) is 1. The van der Waals surface area contributed by atoms with Crippen LogP contribution >= 0.6 is 11.3 Å². The number of hydrogen-bond acceptors (Lipinski definition) is 5. The fourth-order valence-corrected chi connectivity index (χ4v) is 3.29. The minimum Gasteiger partial charge on any atom is -0.481 e. The normalized spacial score (nSPS) is 11.9. The summed E-state index contributed by atoms with van der Waals surface area (Å²) >= 11 is 1.27. The first-order valence-electron chi connectivity index (χ1n) is 8.10. The fourth-order valence-electron chi connectivity index (χ4n) is 2.59. The van der Waals surface area contributed by atoms with Crippen molar-refractivity contribution in [3.05, 3.63) is 59.2 Å².